The molecule has 114 valence electrons. The number of hydroxylamine groups is 3. The van der Waals surface area contributed by atoms with Crippen molar-refractivity contribution in [2.45, 2.75) is 25.3 Å². The molecule has 5 nitrogen and oxygen atoms in total. The lowest BCUT2D eigenvalue weighted by Crippen LogP contribution is -2.44. The van der Waals surface area contributed by atoms with Crippen molar-refractivity contribution in [3.8, 4) is 0 Å². The maximum atomic E-state index is 12.6. The Bertz CT molecular complexity index is 404. The third-order valence-corrected chi connectivity index (χ3v) is 3.77. The molecule has 0 amide bonds. The molecular weight excluding hydrogens is 303 g/mol. The van der Waals surface area contributed by atoms with Gasteiger partial charge in [0, 0.05) is 6.42 Å². The Morgan fingerprint density at radius 3 is 2.35 bits per heavy atom. The van der Waals surface area contributed by atoms with E-state index in [9.17, 15) is 10.0 Å². The van der Waals surface area contributed by atoms with Crippen LogP contribution in [0.3, 0.4) is 0 Å². The largest absolute Gasteiger partial charge is 0.628 e. The third kappa shape index (κ3) is 4.75. The summed E-state index contributed by atoms with van der Waals surface area (Å²) in [6.07, 6.45) is 5.12. The highest BCUT2D eigenvalue weighted by Gasteiger charge is 2.25. The van der Waals surface area contributed by atoms with Crippen molar-refractivity contribution in [1.29, 1.82) is 0 Å². The average molecular weight is 323 g/mol. The Morgan fingerprint density at radius 1 is 1.35 bits per heavy atom. The van der Waals surface area contributed by atoms with Crippen LogP contribution < -0.4 is 5.73 Å². The van der Waals surface area contributed by atoms with Gasteiger partial charge in [-0.1, -0.05) is 11.6 Å². The average Bonchev–Trinajstić information content (AvgIpc) is 2.39. The van der Waals surface area contributed by atoms with Gasteiger partial charge in [-0.3, -0.25) is 4.79 Å². The molecule has 0 bridgehead atoms. The van der Waals surface area contributed by atoms with Gasteiger partial charge < -0.3 is 20.7 Å². The number of nitrogens with zero attached hydrogens (tertiary/aromatic N) is 1. The number of carboxylic acids is 1. The number of aliphatic carboxylic acids is 1. The van der Waals surface area contributed by atoms with E-state index in [2.05, 4.69) is 0 Å². The van der Waals surface area contributed by atoms with E-state index >= 15 is 0 Å². The summed E-state index contributed by atoms with van der Waals surface area (Å²) in [5.74, 6) is -0.463. The fourth-order valence-corrected chi connectivity index (χ4v) is 2.77. The third-order valence-electron chi connectivity index (χ3n) is 3.43. The number of carboxylic acid groups (broad SMARTS) is 1. The van der Waals surface area contributed by atoms with Gasteiger partial charge >= 0.3 is 5.97 Å². The zero-order valence-corrected chi connectivity index (χ0v) is 12.7. The van der Waals surface area contributed by atoms with Crippen LogP contribution in [-0.2, 0) is 4.79 Å². The first kappa shape index (κ1) is 17.5. The van der Waals surface area contributed by atoms with Crippen LogP contribution in [0.15, 0.2) is 23.4 Å². The number of rotatable bonds is 8. The quantitative estimate of drug-likeness (QED) is 0.407. The lowest BCUT2D eigenvalue weighted by Gasteiger charge is -2.44. The molecule has 0 radical (unpaired) electrons. The Kier molecular flexibility index (Phi) is 6.99. The second kappa shape index (κ2) is 8.00. The molecule has 1 aliphatic rings. The predicted molar refractivity (Wildman–Crippen MR) is 80.4 cm³/mol. The molecule has 0 saturated heterocycles. The van der Waals surface area contributed by atoms with Crippen molar-refractivity contribution in [1.82, 2.24) is 0 Å². The highest BCUT2D eigenvalue weighted by atomic mass is 35.5. The maximum Gasteiger partial charge on any atom is 0.320 e. The predicted octanol–water partition coefficient (Wildman–Crippen LogP) is 2.18. The fourth-order valence-electron chi connectivity index (χ4n) is 2.22. The molecular formula is C13H20Cl2N2O3. The summed E-state index contributed by atoms with van der Waals surface area (Å²) in [6.45, 7) is 0.579. The zero-order chi connectivity index (χ0) is 15.2. The Morgan fingerprint density at radius 2 is 1.95 bits per heavy atom. The highest BCUT2D eigenvalue weighted by molar-refractivity contribution is 6.18. The summed E-state index contributed by atoms with van der Waals surface area (Å²) in [5.41, 5.74) is 7.19. The van der Waals surface area contributed by atoms with Crippen LogP contribution in [0.2, 0.25) is 0 Å². The van der Waals surface area contributed by atoms with E-state index in [1.807, 2.05) is 0 Å². The van der Waals surface area contributed by atoms with Crippen LogP contribution in [0.4, 0.5) is 0 Å². The molecule has 7 heteroatoms. The fraction of sp³-hybridized carbons (Fsp3) is 0.615. The number of hydrogen-bond acceptors (Lipinski definition) is 3. The van der Waals surface area contributed by atoms with Crippen LogP contribution in [0.1, 0.15) is 19.3 Å². The van der Waals surface area contributed by atoms with Gasteiger partial charge in [0.25, 0.3) is 0 Å². The molecule has 0 spiro atoms. The molecule has 1 atom stereocenters. The second-order valence-corrected chi connectivity index (χ2v) is 5.60. The number of hydrogen-bond donors (Lipinski definition) is 2. The van der Waals surface area contributed by atoms with E-state index in [1.54, 1.807) is 12.2 Å². The van der Waals surface area contributed by atoms with Crippen LogP contribution in [0.5, 0.6) is 0 Å². The number of carbonyl (C=O) groups is 1. The molecule has 0 fully saturated rings. The molecule has 0 saturated carbocycles. The van der Waals surface area contributed by atoms with Gasteiger partial charge in [-0.15, -0.1) is 23.2 Å². The summed E-state index contributed by atoms with van der Waals surface area (Å²) >= 11 is 11.4. The molecule has 0 unspecified atom stereocenters. The first-order valence-electron chi connectivity index (χ1n) is 6.50. The van der Waals surface area contributed by atoms with Gasteiger partial charge in [-0.2, -0.15) is 0 Å². The maximum absolute atomic E-state index is 12.6. The van der Waals surface area contributed by atoms with E-state index in [0.29, 0.717) is 19.3 Å². The van der Waals surface area contributed by atoms with Crippen molar-refractivity contribution in [2.24, 2.45) is 5.73 Å². The topological polar surface area (TPSA) is 86.4 Å². The molecule has 1 aliphatic carbocycles. The number of alkyl halides is 2. The normalized spacial score (nSPS) is 17.4. The summed E-state index contributed by atoms with van der Waals surface area (Å²) in [6, 6.07) is -0.895. The van der Waals surface area contributed by atoms with Gasteiger partial charge in [-0.25, -0.2) is 0 Å². The molecule has 0 aromatic carbocycles. The van der Waals surface area contributed by atoms with Crippen molar-refractivity contribution in [2.75, 3.05) is 24.8 Å². The molecule has 0 heterocycles. The number of allylic oxidation sites excluding steroid dienone is 3. The smallest absolute Gasteiger partial charge is 0.320 e. The van der Waals surface area contributed by atoms with Crippen molar-refractivity contribution >= 4 is 29.2 Å². The lowest BCUT2D eigenvalue weighted by molar-refractivity contribution is -0.839. The standard InChI is InChI=1S/C13H20Cl2N2O3/c14-5-7-17(20,8-6-15)11-3-1-10(2-4-11)9-12(16)13(18)19/h1,3,12H,2,4-9,16H2,(H,18,19)/t12-/m0/s1. The lowest BCUT2D eigenvalue weighted by atomic mass is 9.96. The van der Waals surface area contributed by atoms with Crippen LogP contribution in [-0.4, -0.2) is 46.6 Å². The molecule has 0 aromatic heterocycles. The first-order valence-corrected chi connectivity index (χ1v) is 7.57. The minimum Gasteiger partial charge on any atom is -0.628 e. The van der Waals surface area contributed by atoms with Crippen LogP contribution in [0, 0.1) is 5.21 Å². The summed E-state index contributed by atoms with van der Waals surface area (Å²) in [7, 11) is 0. The van der Waals surface area contributed by atoms with E-state index in [-0.39, 0.29) is 24.8 Å². The van der Waals surface area contributed by atoms with Crippen molar-refractivity contribution in [3.05, 3.63) is 28.6 Å². The second-order valence-electron chi connectivity index (χ2n) is 4.85. The molecule has 3 N–H and O–H groups in total. The minimum absolute atomic E-state index is 0.276. The van der Waals surface area contributed by atoms with Gasteiger partial charge in [0.2, 0.25) is 0 Å². The Hall–Kier alpha value is -0.590. The SMILES string of the molecule is N[C@@H](CC1=CC=C([N+]([O-])(CCCl)CCCl)CC1)C(=O)O. The van der Waals surface area contributed by atoms with Crippen LogP contribution >= 0.6 is 23.2 Å². The Labute approximate surface area is 128 Å². The zero-order valence-electron chi connectivity index (χ0n) is 11.2. The molecule has 0 aliphatic heterocycles. The van der Waals surface area contributed by atoms with Crippen LogP contribution in [0.25, 0.3) is 0 Å². The molecule has 1 rings (SSSR count). The van der Waals surface area contributed by atoms with Gasteiger partial charge in [-0.05, 0) is 18.9 Å². The highest BCUT2D eigenvalue weighted by Crippen LogP contribution is 2.28. The van der Waals surface area contributed by atoms with Gasteiger partial charge in [0.15, 0.2) is 0 Å². The summed E-state index contributed by atoms with van der Waals surface area (Å²) < 4.78 is -0.498. The molecule has 20 heavy (non-hydrogen) atoms. The monoisotopic (exact) mass is 322 g/mol. The minimum atomic E-state index is -1.01. The van der Waals surface area contributed by atoms with Crippen molar-refractivity contribution in [3.63, 3.8) is 0 Å². The van der Waals surface area contributed by atoms with Crippen molar-refractivity contribution < 1.29 is 14.5 Å². The van der Waals surface area contributed by atoms with Gasteiger partial charge in [0.05, 0.1) is 24.8 Å². The number of halogens is 2. The Balaban J connectivity index is 2.77. The first-order chi connectivity index (χ1) is 9.42. The summed E-state index contributed by atoms with van der Waals surface area (Å²) in [5, 5.41) is 21.4. The number of nitrogens with two attached hydrogens (primary N) is 1. The van der Waals surface area contributed by atoms with E-state index < -0.39 is 16.7 Å². The van der Waals surface area contributed by atoms with E-state index in [0.717, 1.165) is 11.3 Å². The number of quaternary nitrogens is 1. The summed E-state index contributed by atoms with van der Waals surface area (Å²) in [4.78, 5) is 10.7. The van der Waals surface area contributed by atoms with E-state index in [1.165, 1.54) is 0 Å². The molecule has 0 aromatic rings. The van der Waals surface area contributed by atoms with Gasteiger partial charge in [0.1, 0.15) is 11.7 Å². The van der Waals surface area contributed by atoms with E-state index in [4.69, 9.17) is 34.0 Å².